The Balaban J connectivity index is 1.36. The number of nitro benzene ring substituents is 1. The highest BCUT2D eigenvalue weighted by Crippen LogP contribution is 2.29. The lowest BCUT2D eigenvalue weighted by Gasteiger charge is -2.35. The van der Waals surface area contributed by atoms with E-state index in [4.69, 9.17) is 0 Å². The molecule has 2 aromatic rings. The molecule has 160 valence electrons. The first kappa shape index (κ1) is 21.1. The number of aromatic nitrogens is 1. The highest BCUT2D eigenvalue weighted by atomic mass is 32.2. The van der Waals surface area contributed by atoms with Gasteiger partial charge in [-0.2, -0.15) is 5.26 Å². The van der Waals surface area contributed by atoms with Gasteiger partial charge in [0.2, 0.25) is 5.91 Å². The zero-order chi connectivity index (χ0) is 21.8. The van der Waals surface area contributed by atoms with Gasteiger partial charge in [0.25, 0.3) is 5.69 Å². The first-order chi connectivity index (χ1) is 15.1. The van der Waals surface area contributed by atoms with E-state index in [1.807, 2.05) is 11.0 Å². The van der Waals surface area contributed by atoms with Gasteiger partial charge in [-0.25, -0.2) is 4.98 Å². The van der Waals surface area contributed by atoms with Gasteiger partial charge in [-0.3, -0.25) is 14.9 Å². The first-order valence-electron chi connectivity index (χ1n) is 10.4. The lowest BCUT2D eigenvalue weighted by molar-refractivity contribution is -0.384. The van der Waals surface area contributed by atoms with Gasteiger partial charge in [0.15, 0.2) is 0 Å². The average molecular weight is 438 g/mol. The minimum Gasteiger partial charge on any atom is -0.362 e. The SMILES string of the molecule is N#Cc1cc2c(nc1SCC(=O)N1CCN(c3ccccc3[N+](=O)[O-])CC1)CCCC2. The van der Waals surface area contributed by atoms with Crippen molar-refractivity contribution in [1.29, 1.82) is 5.26 Å². The standard InChI is InChI=1S/C22H23N5O3S/c23-14-17-13-16-5-1-2-6-18(16)24-22(17)31-15-21(28)26-11-9-25(10-12-26)19-7-3-4-8-20(19)27(29)30/h3-4,7-8,13H,1-2,5-6,9-12,15H2. The molecule has 0 bridgehead atoms. The Bertz CT molecular complexity index is 1040. The van der Waals surface area contributed by atoms with Crippen LogP contribution < -0.4 is 4.90 Å². The topological polar surface area (TPSA) is 103 Å². The maximum absolute atomic E-state index is 12.7. The van der Waals surface area contributed by atoms with Gasteiger partial charge in [-0.05, 0) is 43.4 Å². The molecule has 1 fully saturated rings. The summed E-state index contributed by atoms with van der Waals surface area (Å²) in [4.78, 5) is 32.1. The summed E-state index contributed by atoms with van der Waals surface area (Å²) in [6.07, 6.45) is 4.13. The number of anilines is 1. The molecule has 4 rings (SSSR count). The van der Waals surface area contributed by atoms with Crippen LogP contribution in [0.1, 0.15) is 29.7 Å². The van der Waals surface area contributed by atoms with Crippen LogP contribution in [0.15, 0.2) is 35.4 Å². The van der Waals surface area contributed by atoms with Crippen LogP contribution >= 0.6 is 11.8 Å². The van der Waals surface area contributed by atoms with Crippen LogP contribution in [0.4, 0.5) is 11.4 Å². The molecule has 0 atom stereocenters. The number of pyridine rings is 1. The second-order valence-corrected chi connectivity index (χ2v) is 8.63. The maximum Gasteiger partial charge on any atom is 0.292 e. The molecule has 0 saturated carbocycles. The number of hydrogen-bond donors (Lipinski definition) is 0. The van der Waals surface area contributed by atoms with Crippen LogP contribution in [0.2, 0.25) is 0 Å². The molecule has 9 heteroatoms. The summed E-state index contributed by atoms with van der Waals surface area (Å²) >= 11 is 1.32. The molecular weight excluding hydrogens is 414 g/mol. The number of para-hydroxylation sites is 2. The van der Waals surface area contributed by atoms with Crippen molar-refractivity contribution in [3.8, 4) is 6.07 Å². The predicted octanol–water partition coefficient (Wildman–Crippen LogP) is 3.18. The molecule has 31 heavy (non-hydrogen) atoms. The Morgan fingerprint density at radius 3 is 2.68 bits per heavy atom. The Labute approximate surface area is 185 Å². The summed E-state index contributed by atoms with van der Waals surface area (Å²) in [6, 6.07) is 10.8. The largest absolute Gasteiger partial charge is 0.362 e. The van der Waals surface area contributed by atoms with E-state index in [1.54, 1.807) is 23.1 Å². The number of nitro groups is 1. The summed E-state index contributed by atoms with van der Waals surface area (Å²) in [5.41, 5.74) is 3.42. The molecular formula is C22H23N5O3S. The van der Waals surface area contributed by atoms with Crippen LogP contribution in [0.3, 0.4) is 0 Å². The molecule has 2 aliphatic rings. The summed E-state index contributed by atoms with van der Waals surface area (Å²) in [7, 11) is 0. The quantitative estimate of drug-likeness (QED) is 0.402. The fourth-order valence-electron chi connectivity index (χ4n) is 4.11. The van der Waals surface area contributed by atoms with Gasteiger partial charge in [-0.15, -0.1) is 0 Å². The molecule has 0 spiro atoms. The highest BCUT2D eigenvalue weighted by molar-refractivity contribution is 8.00. The monoisotopic (exact) mass is 437 g/mol. The summed E-state index contributed by atoms with van der Waals surface area (Å²) in [5.74, 6) is 0.224. The molecule has 0 radical (unpaired) electrons. The molecule has 0 unspecified atom stereocenters. The zero-order valence-corrected chi connectivity index (χ0v) is 17.9. The molecule has 1 aliphatic heterocycles. The summed E-state index contributed by atoms with van der Waals surface area (Å²) in [6.45, 7) is 2.10. The molecule has 1 aromatic carbocycles. The smallest absolute Gasteiger partial charge is 0.292 e. The average Bonchev–Trinajstić information content (AvgIpc) is 2.82. The third-order valence-electron chi connectivity index (χ3n) is 5.77. The fraction of sp³-hybridized carbons (Fsp3) is 0.409. The Morgan fingerprint density at radius 1 is 1.19 bits per heavy atom. The number of thioether (sulfide) groups is 1. The van der Waals surface area contributed by atoms with E-state index in [0.717, 1.165) is 36.9 Å². The minimum absolute atomic E-state index is 0.00405. The van der Waals surface area contributed by atoms with Gasteiger partial charge in [0.1, 0.15) is 16.8 Å². The molecule has 2 heterocycles. The van der Waals surface area contributed by atoms with Gasteiger partial charge in [0, 0.05) is 37.9 Å². The van der Waals surface area contributed by atoms with Crippen molar-refractivity contribution in [2.75, 3.05) is 36.8 Å². The molecule has 1 saturated heterocycles. The molecule has 8 nitrogen and oxygen atoms in total. The number of nitrogens with zero attached hydrogens (tertiary/aromatic N) is 5. The lowest BCUT2D eigenvalue weighted by Crippen LogP contribution is -2.49. The van der Waals surface area contributed by atoms with Gasteiger partial charge in [0.05, 0.1) is 16.2 Å². The number of fused-ring (bicyclic) bond motifs is 1. The first-order valence-corrected chi connectivity index (χ1v) is 11.4. The van der Waals surface area contributed by atoms with Crippen molar-refractivity contribution >= 4 is 29.0 Å². The van der Waals surface area contributed by atoms with E-state index in [-0.39, 0.29) is 22.3 Å². The normalized spacial score (nSPS) is 15.8. The number of piperazine rings is 1. The number of rotatable bonds is 5. The van der Waals surface area contributed by atoms with E-state index < -0.39 is 0 Å². The number of carbonyl (C=O) groups is 1. The lowest BCUT2D eigenvalue weighted by atomic mass is 9.95. The van der Waals surface area contributed by atoms with Crippen LogP contribution in [0.5, 0.6) is 0 Å². The molecule has 1 amide bonds. The van der Waals surface area contributed by atoms with Gasteiger partial charge in [-0.1, -0.05) is 23.9 Å². The number of nitriles is 1. The van der Waals surface area contributed by atoms with Crippen molar-refractivity contribution in [3.63, 3.8) is 0 Å². The van der Waals surface area contributed by atoms with Crippen LogP contribution in [-0.2, 0) is 17.6 Å². The molecule has 1 aromatic heterocycles. The number of carbonyl (C=O) groups excluding carboxylic acids is 1. The maximum atomic E-state index is 12.7. The van der Waals surface area contributed by atoms with Crippen molar-refractivity contribution < 1.29 is 9.72 Å². The number of aryl methyl sites for hydroxylation is 2. The minimum atomic E-state index is -0.373. The van der Waals surface area contributed by atoms with Crippen LogP contribution in [0.25, 0.3) is 0 Å². The Hall–Kier alpha value is -3.12. The molecule has 1 aliphatic carbocycles. The third-order valence-corrected chi connectivity index (χ3v) is 6.75. The number of benzene rings is 1. The fourth-order valence-corrected chi connectivity index (χ4v) is 4.99. The van der Waals surface area contributed by atoms with Crippen LogP contribution in [-0.4, -0.2) is 52.6 Å². The highest BCUT2D eigenvalue weighted by Gasteiger charge is 2.26. The second kappa shape index (κ2) is 9.35. The number of hydrogen-bond acceptors (Lipinski definition) is 7. The van der Waals surface area contributed by atoms with Crippen molar-refractivity contribution in [2.24, 2.45) is 0 Å². The van der Waals surface area contributed by atoms with E-state index in [2.05, 4.69) is 11.1 Å². The van der Waals surface area contributed by atoms with Crippen molar-refractivity contribution in [3.05, 3.63) is 57.3 Å². The van der Waals surface area contributed by atoms with Gasteiger partial charge < -0.3 is 9.80 Å². The predicted molar refractivity (Wildman–Crippen MR) is 118 cm³/mol. The Kier molecular flexibility index (Phi) is 6.37. The van der Waals surface area contributed by atoms with Crippen molar-refractivity contribution in [1.82, 2.24) is 9.88 Å². The zero-order valence-electron chi connectivity index (χ0n) is 17.1. The van der Waals surface area contributed by atoms with E-state index in [1.165, 1.54) is 17.8 Å². The van der Waals surface area contributed by atoms with Crippen LogP contribution in [0, 0.1) is 21.4 Å². The molecule has 0 N–H and O–H groups in total. The summed E-state index contributed by atoms with van der Waals surface area (Å²) in [5, 5.41) is 21.4. The number of amides is 1. The van der Waals surface area contributed by atoms with E-state index in [0.29, 0.717) is 42.5 Å². The van der Waals surface area contributed by atoms with Gasteiger partial charge >= 0.3 is 0 Å². The Morgan fingerprint density at radius 2 is 1.94 bits per heavy atom. The van der Waals surface area contributed by atoms with Crippen molar-refractivity contribution in [2.45, 2.75) is 30.7 Å². The summed E-state index contributed by atoms with van der Waals surface area (Å²) < 4.78 is 0. The second-order valence-electron chi connectivity index (χ2n) is 7.67. The third kappa shape index (κ3) is 4.64. The van der Waals surface area contributed by atoms with E-state index in [9.17, 15) is 20.2 Å². The van der Waals surface area contributed by atoms with E-state index >= 15 is 0 Å².